The maximum atomic E-state index is 2.50. The molecular weight excluding hydrogens is 206 g/mol. The lowest BCUT2D eigenvalue weighted by atomic mass is 9.93. The molecule has 0 bridgehead atoms. The van der Waals surface area contributed by atoms with E-state index in [1.165, 1.54) is 45.2 Å². The minimum Gasteiger partial charge on any atom is -0.306 e. The van der Waals surface area contributed by atoms with Gasteiger partial charge >= 0.3 is 0 Å². The van der Waals surface area contributed by atoms with Gasteiger partial charge in [0.25, 0.3) is 0 Å². The first kappa shape index (κ1) is 17.0. The van der Waals surface area contributed by atoms with Crippen molar-refractivity contribution in [3.05, 3.63) is 0 Å². The minimum absolute atomic E-state index is 0.793. The summed E-state index contributed by atoms with van der Waals surface area (Å²) in [4.78, 5) is 2.50. The highest BCUT2D eigenvalue weighted by Gasteiger charge is 2.09. The zero-order valence-electron chi connectivity index (χ0n) is 13.1. The van der Waals surface area contributed by atoms with E-state index in [9.17, 15) is 0 Å². The Kier molecular flexibility index (Phi) is 9.91. The van der Waals surface area contributed by atoms with Gasteiger partial charge in [-0.05, 0) is 37.8 Å². The van der Waals surface area contributed by atoms with Crippen LogP contribution in [0.2, 0.25) is 0 Å². The summed E-state index contributed by atoms with van der Waals surface area (Å²) < 4.78 is 0. The molecule has 0 aromatic rings. The molecule has 0 N–H and O–H groups in total. The summed E-state index contributed by atoms with van der Waals surface area (Å²) in [7, 11) is 2.26. The molecule has 1 heteroatoms. The van der Waals surface area contributed by atoms with Gasteiger partial charge in [0.2, 0.25) is 0 Å². The zero-order valence-corrected chi connectivity index (χ0v) is 13.1. The molecule has 0 spiro atoms. The smallest absolute Gasteiger partial charge is 0.000133 e. The van der Waals surface area contributed by atoms with E-state index in [-0.39, 0.29) is 0 Å². The number of rotatable bonds is 10. The van der Waals surface area contributed by atoms with Crippen molar-refractivity contribution < 1.29 is 0 Å². The Bertz CT molecular complexity index is 163. The zero-order chi connectivity index (χ0) is 13.3. The van der Waals surface area contributed by atoms with Gasteiger partial charge in [-0.3, -0.25) is 0 Å². The van der Waals surface area contributed by atoms with Crippen molar-refractivity contribution in [2.75, 3.05) is 20.1 Å². The summed E-state index contributed by atoms with van der Waals surface area (Å²) in [5.41, 5.74) is 0. The topological polar surface area (TPSA) is 3.24 Å². The van der Waals surface area contributed by atoms with E-state index in [2.05, 4.69) is 46.6 Å². The Labute approximate surface area is 110 Å². The van der Waals surface area contributed by atoms with Crippen molar-refractivity contribution in [2.24, 2.45) is 17.8 Å². The van der Waals surface area contributed by atoms with Crippen LogP contribution >= 0.6 is 0 Å². The van der Waals surface area contributed by atoms with Gasteiger partial charge in [-0.1, -0.05) is 60.3 Å². The predicted molar refractivity (Wildman–Crippen MR) is 79.4 cm³/mol. The lowest BCUT2D eigenvalue weighted by Gasteiger charge is -2.22. The molecule has 0 radical (unpaired) electrons. The van der Waals surface area contributed by atoms with Crippen molar-refractivity contribution in [3.63, 3.8) is 0 Å². The third-order valence-electron chi connectivity index (χ3n) is 3.57. The second-order valence-electron chi connectivity index (χ2n) is 6.54. The first-order chi connectivity index (χ1) is 7.95. The average Bonchev–Trinajstić information content (AvgIpc) is 2.21. The van der Waals surface area contributed by atoms with Crippen molar-refractivity contribution in [2.45, 2.75) is 66.7 Å². The first-order valence-corrected chi connectivity index (χ1v) is 7.64. The van der Waals surface area contributed by atoms with Crippen LogP contribution in [0.1, 0.15) is 66.7 Å². The highest BCUT2D eigenvalue weighted by Crippen LogP contribution is 2.19. The molecule has 0 aliphatic carbocycles. The Hall–Kier alpha value is -0.0400. The van der Waals surface area contributed by atoms with E-state index in [1.54, 1.807) is 0 Å². The third-order valence-corrected chi connectivity index (χ3v) is 3.57. The molecule has 0 saturated heterocycles. The summed E-state index contributed by atoms with van der Waals surface area (Å²) in [6.07, 6.45) is 7.00. The molecule has 17 heavy (non-hydrogen) atoms. The number of hydrogen-bond donors (Lipinski definition) is 0. The van der Waals surface area contributed by atoms with E-state index in [0.29, 0.717) is 0 Å². The predicted octanol–water partition coefficient (Wildman–Crippen LogP) is 4.82. The van der Waals surface area contributed by atoms with Gasteiger partial charge < -0.3 is 4.90 Å². The van der Waals surface area contributed by atoms with Gasteiger partial charge in [-0.15, -0.1) is 0 Å². The van der Waals surface area contributed by atoms with Crippen molar-refractivity contribution in [3.8, 4) is 0 Å². The Balaban J connectivity index is 3.66. The Morgan fingerprint density at radius 2 is 1.53 bits per heavy atom. The molecule has 104 valence electrons. The molecule has 0 aromatic carbocycles. The van der Waals surface area contributed by atoms with Crippen LogP contribution in [0.4, 0.5) is 0 Å². The molecule has 0 amide bonds. The van der Waals surface area contributed by atoms with Crippen LogP contribution in [0.5, 0.6) is 0 Å². The lowest BCUT2D eigenvalue weighted by Crippen LogP contribution is -2.25. The standard InChI is InChI=1S/C16H35N/c1-7-16(10-8-9-14(2)3)11-12-17(6)13-15(4)5/h14-16H,7-13H2,1-6H3. The van der Waals surface area contributed by atoms with E-state index >= 15 is 0 Å². The van der Waals surface area contributed by atoms with Crippen LogP contribution in [0.15, 0.2) is 0 Å². The third kappa shape index (κ3) is 10.8. The van der Waals surface area contributed by atoms with Gasteiger partial charge in [0, 0.05) is 6.54 Å². The summed E-state index contributed by atoms with van der Waals surface area (Å²) in [5.74, 6) is 2.61. The quantitative estimate of drug-likeness (QED) is 0.530. The molecule has 0 aliphatic rings. The van der Waals surface area contributed by atoms with E-state index in [1.807, 2.05) is 0 Å². The molecule has 0 rings (SSSR count). The molecule has 0 saturated carbocycles. The maximum absolute atomic E-state index is 2.50. The van der Waals surface area contributed by atoms with Gasteiger partial charge in [0.05, 0.1) is 0 Å². The average molecular weight is 241 g/mol. The minimum atomic E-state index is 0.793. The SMILES string of the molecule is CCC(CCCC(C)C)CCN(C)CC(C)C. The van der Waals surface area contributed by atoms with Crippen molar-refractivity contribution in [1.82, 2.24) is 4.90 Å². The fraction of sp³-hybridized carbons (Fsp3) is 1.00. The molecule has 0 aliphatic heterocycles. The van der Waals surface area contributed by atoms with E-state index in [0.717, 1.165) is 17.8 Å². The van der Waals surface area contributed by atoms with E-state index in [4.69, 9.17) is 0 Å². The highest BCUT2D eigenvalue weighted by molar-refractivity contribution is 4.63. The summed E-state index contributed by atoms with van der Waals surface area (Å²) in [5, 5.41) is 0. The van der Waals surface area contributed by atoms with Crippen molar-refractivity contribution in [1.29, 1.82) is 0 Å². The fourth-order valence-electron chi connectivity index (χ4n) is 2.48. The molecule has 1 atom stereocenters. The van der Waals surface area contributed by atoms with Crippen LogP contribution in [-0.4, -0.2) is 25.0 Å². The summed E-state index contributed by atoms with van der Waals surface area (Å²) in [6, 6.07) is 0. The van der Waals surface area contributed by atoms with Crippen molar-refractivity contribution >= 4 is 0 Å². The summed E-state index contributed by atoms with van der Waals surface area (Å²) in [6.45, 7) is 14.1. The van der Waals surface area contributed by atoms with Crippen LogP contribution in [0, 0.1) is 17.8 Å². The monoisotopic (exact) mass is 241 g/mol. The van der Waals surface area contributed by atoms with Crippen LogP contribution < -0.4 is 0 Å². The van der Waals surface area contributed by atoms with Gasteiger partial charge in [-0.2, -0.15) is 0 Å². The highest BCUT2D eigenvalue weighted by atomic mass is 15.1. The Morgan fingerprint density at radius 1 is 0.882 bits per heavy atom. The fourth-order valence-corrected chi connectivity index (χ4v) is 2.48. The van der Waals surface area contributed by atoms with E-state index < -0.39 is 0 Å². The van der Waals surface area contributed by atoms with Crippen LogP contribution in [-0.2, 0) is 0 Å². The molecule has 0 aromatic heterocycles. The van der Waals surface area contributed by atoms with Gasteiger partial charge in [-0.25, -0.2) is 0 Å². The Morgan fingerprint density at radius 3 is 2.00 bits per heavy atom. The summed E-state index contributed by atoms with van der Waals surface area (Å²) >= 11 is 0. The normalized spacial score (nSPS) is 13.9. The molecular formula is C16H35N. The molecule has 0 heterocycles. The second-order valence-corrected chi connectivity index (χ2v) is 6.54. The maximum Gasteiger partial charge on any atom is 0.000133 e. The first-order valence-electron chi connectivity index (χ1n) is 7.64. The van der Waals surface area contributed by atoms with Crippen LogP contribution in [0.25, 0.3) is 0 Å². The number of nitrogens with zero attached hydrogens (tertiary/aromatic N) is 1. The lowest BCUT2D eigenvalue weighted by molar-refractivity contribution is 0.261. The van der Waals surface area contributed by atoms with Gasteiger partial charge in [0.1, 0.15) is 0 Å². The molecule has 0 fully saturated rings. The van der Waals surface area contributed by atoms with Gasteiger partial charge in [0.15, 0.2) is 0 Å². The van der Waals surface area contributed by atoms with Crippen LogP contribution in [0.3, 0.4) is 0 Å². The molecule has 1 nitrogen and oxygen atoms in total. The number of hydrogen-bond acceptors (Lipinski definition) is 1. The second kappa shape index (κ2) is 9.94. The molecule has 1 unspecified atom stereocenters. The largest absolute Gasteiger partial charge is 0.306 e.